The highest BCUT2D eigenvalue weighted by Crippen LogP contribution is 2.50. The topological polar surface area (TPSA) is 71.5 Å². The molecule has 174 valence electrons. The Morgan fingerprint density at radius 3 is 2.88 bits per heavy atom. The van der Waals surface area contributed by atoms with Crippen LogP contribution in [0.2, 0.25) is 0 Å². The van der Waals surface area contributed by atoms with Crippen LogP contribution in [0.25, 0.3) is 10.4 Å². The molecule has 0 radical (unpaired) electrons. The van der Waals surface area contributed by atoms with E-state index in [4.69, 9.17) is 4.74 Å². The minimum absolute atomic E-state index is 0.0578. The van der Waals surface area contributed by atoms with E-state index in [2.05, 4.69) is 10.3 Å². The van der Waals surface area contributed by atoms with Gasteiger partial charge in [0.15, 0.2) is 0 Å². The summed E-state index contributed by atoms with van der Waals surface area (Å²) in [7, 11) is 0. The van der Waals surface area contributed by atoms with E-state index in [1.54, 1.807) is 12.1 Å². The molecule has 0 bridgehead atoms. The molecule has 3 aromatic rings. The van der Waals surface area contributed by atoms with Crippen molar-refractivity contribution >= 4 is 23.2 Å². The third-order valence-electron chi connectivity index (χ3n) is 7.07. The minimum Gasteiger partial charge on any atom is -0.493 e. The Labute approximate surface area is 200 Å². The fourth-order valence-corrected chi connectivity index (χ4v) is 6.21. The number of ether oxygens (including phenoxy) is 1. The molecule has 1 aromatic heterocycles. The predicted octanol–water partition coefficient (Wildman–Crippen LogP) is 4.08. The zero-order chi connectivity index (χ0) is 23.4. The van der Waals surface area contributed by atoms with Gasteiger partial charge in [-0.25, -0.2) is 9.37 Å². The first-order valence-corrected chi connectivity index (χ1v) is 12.4. The van der Waals surface area contributed by atoms with Crippen LogP contribution in [-0.4, -0.2) is 47.4 Å². The monoisotopic (exact) mass is 477 g/mol. The zero-order valence-electron chi connectivity index (χ0n) is 18.7. The Hall–Kier alpha value is -3.26. The molecule has 1 N–H and O–H groups in total. The molecule has 2 aromatic carbocycles. The molecule has 1 saturated heterocycles. The molecule has 3 heterocycles. The molecule has 3 atom stereocenters. The smallest absolute Gasteiger partial charge is 0.274 e. The van der Waals surface area contributed by atoms with Gasteiger partial charge in [0.25, 0.3) is 11.8 Å². The number of thiazole rings is 1. The number of aromatic nitrogens is 1. The molecule has 6 rings (SSSR count). The molecule has 0 spiro atoms. The summed E-state index contributed by atoms with van der Waals surface area (Å²) in [5.74, 6) is 1.10. The third-order valence-corrected chi connectivity index (χ3v) is 8.09. The van der Waals surface area contributed by atoms with Crippen LogP contribution in [0.4, 0.5) is 4.39 Å². The average Bonchev–Trinajstić information content (AvgIpc) is 3.16. The number of nitrogens with zero attached hydrogens (tertiary/aromatic N) is 2. The van der Waals surface area contributed by atoms with Crippen LogP contribution in [-0.2, 0) is 6.42 Å². The van der Waals surface area contributed by atoms with Gasteiger partial charge in [0.1, 0.15) is 17.3 Å². The first-order valence-electron chi connectivity index (χ1n) is 11.6. The molecule has 2 fully saturated rings. The van der Waals surface area contributed by atoms with Crippen molar-refractivity contribution in [1.82, 2.24) is 15.2 Å². The number of aryl methyl sites for hydroxylation is 1. The van der Waals surface area contributed by atoms with E-state index in [1.165, 1.54) is 23.5 Å². The van der Waals surface area contributed by atoms with Crippen LogP contribution < -0.4 is 10.1 Å². The quantitative estimate of drug-likeness (QED) is 0.601. The van der Waals surface area contributed by atoms with Gasteiger partial charge in [0, 0.05) is 30.6 Å². The number of likely N-dealkylation sites (tertiary alicyclic amines) is 1. The largest absolute Gasteiger partial charge is 0.493 e. The normalized spacial score (nSPS) is 22.2. The fourth-order valence-electron chi connectivity index (χ4n) is 5.30. The van der Waals surface area contributed by atoms with Crippen molar-refractivity contribution in [2.45, 2.75) is 25.8 Å². The summed E-state index contributed by atoms with van der Waals surface area (Å²) in [4.78, 5) is 33.8. The maximum absolute atomic E-state index is 13.6. The van der Waals surface area contributed by atoms with Crippen molar-refractivity contribution in [2.75, 3.05) is 19.7 Å². The minimum atomic E-state index is -0.316. The van der Waals surface area contributed by atoms with Crippen molar-refractivity contribution in [3.05, 3.63) is 70.1 Å². The highest BCUT2D eigenvalue weighted by Gasteiger charge is 2.54. The van der Waals surface area contributed by atoms with Crippen LogP contribution >= 0.6 is 11.3 Å². The molecular weight excluding hydrogens is 453 g/mol. The second-order valence-electron chi connectivity index (χ2n) is 9.19. The van der Waals surface area contributed by atoms with Crippen molar-refractivity contribution in [3.8, 4) is 16.2 Å². The summed E-state index contributed by atoms with van der Waals surface area (Å²) in [5.41, 5.74) is 2.78. The SMILES string of the molecule is Cc1nc(C(=O)N2C[C@@H]3C[C@@H]3[C@H]2CNC(=O)c2cccc3c2CCO3)c(-c2ccc(F)cc2)s1. The van der Waals surface area contributed by atoms with E-state index in [-0.39, 0.29) is 23.7 Å². The lowest BCUT2D eigenvalue weighted by Gasteiger charge is -2.27. The number of benzene rings is 2. The number of nitrogens with one attached hydrogen (secondary N) is 1. The summed E-state index contributed by atoms with van der Waals surface area (Å²) in [6.45, 7) is 3.55. The lowest BCUT2D eigenvalue weighted by atomic mass is 10.0. The lowest BCUT2D eigenvalue weighted by Crippen LogP contribution is -2.45. The molecule has 8 heteroatoms. The molecule has 6 nitrogen and oxygen atoms in total. The number of hydrogen-bond acceptors (Lipinski definition) is 5. The van der Waals surface area contributed by atoms with Gasteiger partial charge in [-0.2, -0.15) is 0 Å². The van der Waals surface area contributed by atoms with Crippen molar-refractivity contribution in [1.29, 1.82) is 0 Å². The number of halogens is 1. The fraction of sp³-hybridized carbons (Fsp3) is 0.346. The molecule has 0 unspecified atom stereocenters. The molecule has 2 amide bonds. The van der Waals surface area contributed by atoms with Crippen LogP contribution in [0.3, 0.4) is 0 Å². The summed E-state index contributed by atoms with van der Waals surface area (Å²) in [5, 5.41) is 3.86. The van der Waals surface area contributed by atoms with Gasteiger partial charge in [-0.05, 0) is 55.0 Å². The standard InChI is InChI=1S/C26H24FN3O3S/c1-14-29-23(24(34-14)15-5-7-17(27)8-6-15)26(32)30-13-16-11-20(16)21(30)12-28-25(31)19-3-2-4-22-18(19)9-10-33-22/h2-8,16,20-21H,9-13H2,1H3,(H,28,31)/t16-,20-,21+/m0/s1. The molecule has 2 aliphatic heterocycles. The number of carbonyl (C=O) groups excluding carboxylic acids is 2. The molecule has 3 aliphatic rings. The third kappa shape index (κ3) is 3.66. The molecule has 34 heavy (non-hydrogen) atoms. The van der Waals surface area contributed by atoms with Crippen molar-refractivity contribution in [2.24, 2.45) is 11.8 Å². The maximum atomic E-state index is 13.6. The van der Waals surface area contributed by atoms with Crippen LogP contribution in [0.5, 0.6) is 5.75 Å². The Balaban J connectivity index is 1.21. The second-order valence-corrected chi connectivity index (χ2v) is 10.4. The highest BCUT2D eigenvalue weighted by atomic mass is 32.1. The van der Waals surface area contributed by atoms with E-state index in [9.17, 15) is 14.0 Å². The van der Waals surface area contributed by atoms with E-state index in [1.807, 2.05) is 30.0 Å². The Morgan fingerprint density at radius 2 is 2.06 bits per heavy atom. The van der Waals surface area contributed by atoms with Crippen LogP contribution in [0.1, 0.15) is 37.8 Å². The van der Waals surface area contributed by atoms with E-state index in [0.29, 0.717) is 42.8 Å². The van der Waals surface area contributed by atoms with E-state index < -0.39 is 0 Å². The highest BCUT2D eigenvalue weighted by molar-refractivity contribution is 7.15. The van der Waals surface area contributed by atoms with Crippen LogP contribution in [0, 0.1) is 24.6 Å². The Bertz CT molecular complexity index is 1290. The second kappa shape index (κ2) is 8.20. The summed E-state index contributed by atoms with van der Waals surface area (Å²) in [6, 6.07) is 11.6. The number of hydrogen-bond donors (Lipinski definition) is 1. The van der Waals surface area contributed by atoms with E-state index in [0.717, 1.165) is 39.6 Å². The van der Waals surface area contributed by atoms with Gasteiger partial charge in [0.05, 0.1) is 22.5 Å². The maximum Gasteiger partial charge on any atom is 0.274 e. The first kappa shape index (κ1) is 21.3. The number of carbonyl (C=O) groups is 2. The number of piperidine rings is 1. The average molecular weight is 478 g/mol. The first-order chi connectivity index (χ1) is 16.5. The Kier molecular flexibility index (Phi) is 5.13. The molecule has 1 saturated carbocycles. The summed E-state index contributed by atoms with van der Waals surface area (Å²) >= 11 is 1.44. The van der Waals surface area contributed by atoms with Gasteiger partial charge in [0.2, 0.25) is 0 Å². The van der Waals surface area contributed by atoms with Gasteiger partial charge in [-0.15, -0.1) is 11.3 Å². The predicted molar refractivity (Wildman–Crippen MR) is 127 cm³/mol. The van der Waals surface area contributed by atoms with Gasteiger partial charge in [-0.3, -0.25) is 9.59 Å². The summed E-state index contributed by atoms with van der Waals surface area (Å²) < 4.78 is 19.0. The van der Waals surface area contributed by atoms with Crippen molar-refractivity contribution in [3.63, 3.8) is 0 Å². The summed E-state index contributed by atoms with van der Waals surface area (Å²) in [6.07, 6.45) is 1.81. The van der Waals surface area contributed by atoms with Gasteiger partial charge >= 0.3 is 0 Å². The number of amides is 2. The number of fused-ring (bicyclic) bond motifs is 2. The van der Waals surface area contributed by atoms with Gasteiger partial charge < -0.3 is 15.0 Å². The zero-order valence-corrected chi connectivity index (χ0v) is 19.5. The molecule has 1 aliphatic carbocycles. The van der Waals surface area contributed by atoms with Crippen molar-refractivity contribution < 1.29 is 18.7 Å². The number of rotatable bonds is 5. The van der Waals surface area contributed by atoms with Crippen LogP contribution in [0.15, 0.2) is 42.5 Å². The van der Waals surface area contributed by atoms with Gasteiger partial charge in [-0.1, -0.05) is 18.2 Å². The molecular formula is C26H24FN3O3S. The van der Waals surface area contributed by atoms with E-state index >= 15 is 0 Å². The Morgan fingerprint density at radius 1 is 1.24 bits per heavy atom. The lowest BCUT2D eigenvalue weighted by molar-refractivity contribution is 0.0690.